The van der Waals surface area contributed by atoms with Crippen LogP contribution in [0.15, 0.2) is 0 Å². The molecule has 5 heteroatoms. The topological polar surface area (TPSA) is 69.6 Å². The molecule has 0 fully saturated rings. The van der Waals surface area contributed by atoms with Crippen molar-refractivity contribution in [1.29, 1.82) is 0 Å². The predicted molar refractivity (Wildman–Crippen MR) is 57.6 cm³/mol. The van der Waals surface area contributed by atoms with Crippen LogP contribution in [0.5, 0.6) is 0 Å². The smallest absolute Gasteiger partial charge is 0.304 e. The molecular formula is C10H20N2O3. The van der Waals surface area contributed by atoms with Crippen LogP contribution in [0.1, 0.15) is 27.2 Å². The van der Waals surface area contributed by atoms with Crippen LogP contribution >= 0.6 is 0 Å². The molecule has 2 N–H and O–H groups in total. The second kappa shape index (κ2) is 7.23. The monoisotopic (exact) mass is 216 g/mol. The van der Waals surface area contributed by atoms with Gasteiger partial charge in [-0.15, -0.1) is 0 Å². The number of nitrogens with zero attached hydrogens (tertiary/aromatic N) is 1. The first-order valence-electron chi connectivity index (χ1n) is 5.13. The molecule has 0 aliphatic heterocycles. The normalized spacial score (nSPS) is 10.7. The van der Waals surface area contributed by atoms with Gasteiger partial charge in [0.05, 0.1) is 6.42 Å². The second-order valence-corrected chi connectivity index (χ2v) is 3.76. The summed E-state index contributed by atoms with van der Waals surface area (Å²) in [6.07, 6.45) is 0.137. The zero-order chi connectivity index (χ0) is 11.8. The van der Waals surface area contributed by atoms with E-state index in [1.807, 2.05) is 18.7 Å². The van der Waals surface area contributed by atoms with E-state index in [-0.39, 0.29) is 18.4 Å². The largest absolute Gasteiger partial charge is 0.481 e. The number of carboxylic acids is 1. The van der Waals surface area contributed by atoms with E-state index in [4.69, 9.17) is 5.11 Å². The first-order chi connectivity index (χ1) is 6.93. The molecule has 0 aromatic rings. The van der Waals surface area contributed by atoms with Gasteiger partial charge in [-0.1, -0.05) is 0 Å². The number of rotatable bonds is 7. The van der Waals surface area contributed by atoms with Crippen molar-refractivity contribution >= 4 is 11.9 Å². The van der Waals surface area contributed by atoms with E-state index < -0.39 is 5.97 Å². The predicted octanol–water partition coefficient (Wildman–Crippen LogP) is 0.308. The lowest BCUT2D eigenvalue weighted by atomic mass is 10.3. The van der Waals surface area contributed by atoms with Crippen LogP contribution in [0.25, 0.3) is 0 Å². The highest BCUT2D eigenvalue weighted by molar-refractivity contribution is 5.72. The summed E-state index contributed by atoms with van der Waals surface area (Å²) in [5.41, 5.74) is 0. The van der Waals surface area contributed by atoms with Crippen molar-refractivity contribution in [3.63, 3.8) is 0 Å². The highest BCUT2D eigenvalue weighted by Crippen LogP contribution is 1.98. The third-order valence-electron chi connectivity index (χ3n) is 2.12. The molecule has 5 nitrogen and oxygen atoms in total. The van der Waals surface area contributed by atoms with Gasteiger partial charge in [0, 0.05) is 32.6 Å². The summed E-state index contributed by atoms with van der Waals surface area (Å²) in [7, 11) is 0. The molecule has 0 radical (unpaired) electrons. The molecule has 0 atom stereocenters. The third-order valence-corrected chi connectivity index (χ3v) is 2.12. The molecule has 0 saturated heterocycles. The summed E-state index contributed by atoms with van der Waals surface area (Å²) in [6, 6.07) is 0.290. The molecule has 0 spiro atoms. The van der Waals surface area contributed by atoms with Gasteiger partial charge in [0.15, 0.2) is 0 Å². The zero-order valence-electron chi connectivity index (χ0n) is 9.62. The summed E-state index contributed by atoms with van der Waals surface area (Å²) in [5.74, 6) is -0.850. The minimum atomic E-state index is -0.792. The van der Waals surface area contributed by atoms with Gasteiger partial charge in [-0.2, -0.15) is 0 Å². The molecule has 0 rings (SSSR count). The van der Waals surface area contributed by atoms with E-state index in [1.54, 1.807) is 0 Å². The SMILES string of the molecule is CC(=O)NCCN(CCC(=O)O)C(C)C. The Balaban J connectivity index is 3.83. The van der Waals surface area contributed by atoms with Gasteiger partial charge in [0.1, 0.15) is 0 Å². The van der Waals surface area contributed by atoms with Crippen molar-refractivity contribution in [3.05, 3.63) is 0 Å². The summed E-state index contributed by atoms with van der Waals surface area (Å²) in [4.78, 5) is 23.1. The van der Waals surface area contributed by atoms with Crippen molar-refractivity contribution in [1.82, 2.24) is 10.2 Å². The van der Waals surface area contributed by atoms with Crippen LogP contribution in [0.2, 0.25) is 0 Å². The highest BCUT2D eigenvalue weighted by Gasteiger charge is 2.10. The number of hydrogen-bond donors (Lipinski definition) is 2. The molecule has 1 amide bonds. The summed E-state index contributed by atoms with van der Waals surface area (Å²) in [6.45, 7) is 7.26. The van der Waals surface area contributed by atoms with Gasteiger partial charge < -0.3 is 10.4 Å². The van der Waals surface area contributed by atoms with Crippen molar-refractivity contribution in [2.75, 3.05) is 19.6 Å². The average Bonchev–Trinajstić information content (AvgIpc) is 2.09. The Labute approximate surface area is 90.5 Å². The fraction of sp³-hybridized carbons (Fsp3) is 0.800. The van der Waals surface area contributed by atoms with E-state index in [2.05, 4.69) is 5.32 Å². The molecule has 0 bridgehead atoms. The quantitative estimate of drug-likeness (QED) is 0.642. The zero-order valence-corrected chi connectivity index (χ0v) is 9.62. The Bertz CT molecular complexity index is 217. The van der Waals surface area contributed by atoms with Crippen molar-refractivity contribution < 1.29 is 14.7 Å². The first kappa shape index (κ1) is 13.9. The van der Waals surface area contributed by atoms with Crippen LogP contribution in [0.4, 0.5) is 0 Å². The van der Waals surface area contributed by atoms with E-state index in [0.29, 0.717) is 19.6 Å². The van der Waals surface area contributed by atoms with E-state index in [9.17, 15) is 9.59 Å². The van der Waals surface area contributed by atoms with Gasteiger partial charge >= 0.3 is 5.97 Å². The van der Waals surface area contributed by atoms with Crippen LogP contribution in [0, 0.1) is 0 Å². The minimum Gasteiger partial charge on any atom is -0.481 e. The number of carbonyl (C=O) groups excluding carboxylic acids is 1. The van der Waals surface area contributed by atoms with Gasteiger partial charge in [-0.3, -0.25) is 14.5 Å². The lowest BCUT2D eigenvalue weighted by molar-refractivity contribution is -0.137. The van der Waals surface area contributed by atoms with Gasteiger partial charge in [-0.05, 0) is 13.8 Å². The van der Waals surface area contributed by atoms with E-state index >= 15 is 0 Å². The van der Waals surface area contributed by atoms with Gasteiger partial charge in [-0.25, -0.2) is 0 Å². The van der Waals surface area contributed by atoms with Crippen LogP contribution in [-0.4, -0.2) is 47.6 Å². The molecule has 0 aliphatic carbocycles. The van der Waals surface area contributed by atoms with Crippen molar-refractivity contribution in [2.45, 2.75) is 33.2 Å². The molecule has 0 aromatic heterocycles. The number of nitrogens with one attached hydrogen (secondary N) is 1. The lowest BCUT2D eigenvalue weighted by Gasteiger charge is -2.25. The Morgan fingerprint density at radius 1 is 1.33 bits per heavy atom. The molecule has 0 aromatic carbocycles. The maximum atomic E-state index is 10.6. The lowest BCUT2D eigenvalue weighted by Crippen LogP contribution is -2.39. The molecule has 0 heterocycles. The van der Waals surface area contributed by atoms with Gasteiger partial charge in [0.25, 0.3) is 0 Å². The van der Waals surface area contributed by atoms with E-state index in [1.165, 1.54) is 6.92 Å². The molecular weight excluding hydrogens is 196 g/mol. The Morgan fingerprint density at radius 3 is 2.33 bits per heavy atom. The molecule has 0 saturated carbocycles. The van der Waals surface area contributed by atoms with Crippen LogP contribution in [-0.2, 0) is 9.59 Å². The number of aliphatic carboxylic acids is 1. The second-order valence-electron chi connectivity index (χ2n) is 3.76. The standard InChI is InChI=1S/C10H20N2O3/c1-8(2)12(6-4-10(14)15)7-5-11-9(3)13/h8H,4-7H2,1-3H3,(H,11,13)(H,14,15). The van der Waals surface area contributed by atoms with Crippen molar-refractivity contribution in [2.24, 2.45) is 0 Å². The number of carboxylic acid groups (broad SMARTS) is 1. The Kier molecular flexibility index (Phi) is 6.70. The maximum Gasteiger partial charge on any atom is 0.304 e. The first-order valence-corrected chi connectivity index (χ1v) is 5.13. The molecule has 88 valence electrons. The molecule has 0 aliphatic rings. The number of amides is 1. The van der Waals surface area contributed by atoms with Crippen LogP contribution < -0.4 is 5.32 Å². The molecule has 15 heavy (non-hydrogen) atoms. The highest BCUT2D eigenvalue weighted by atomic mass is 16.4. The van der Waals surface area contributed by atoms with Crippen molar-refractivity contribution in [3.8, 4) is 0 Å². The van der Waals surface area contributed by atoms with E-state index in [0.717, 1.165) is 0 Å². The molecule has 0 unspecified atom stereocenters. The minimum absolute atomic E-state index is 0.0584. The number of carbonyl (C=O) groups is 2. The Hall–Kier alpha value is -1.10. The fourth-order valence-corrected chi connectivity index (χ4v) is 1.24. The summed E-state index contributed by atoms with van der Waals surface area (Å²) >= 11 is 0. The van der Waals surface area contributed by atoms with Gasteiger partial charge in [0.2, 0.25) is 5.91 Å². The number of hydrogen-bond acceptors (Lipinski definition) is 3. The summed E-state index contributed by atoms with van der Waals surface area (Å²) in [5, 5.41) is 11.3. The average molecular weight is 216 g/mol. The third kappa shape index (κ3) is 7.93. The fourth-order valence-electron chi connectivity index (χ4n) is 1.24. The van der Waals surface area contributed by atoms with Crippen LogP contribution in [0.3, 0.4) is 0 Å². The maximum absolute atomic E-state index is 10.6. The Morgan fingerprint density at radius 2 is 1.93 bits per heavy atom. The summed E-state index contributed by atoms with van der Waals surface area (Å²) < 4.78 is 0.